The van der Waals surface area contributed by atoms with Crippen LogP contribution in [0.25, 0.3) is 6.08 Å². The van der Waals surface area contributed by atoms with Crippen LogP contribution in [-0.4, -0.2) is 16.8 Å². The lowest BCUT2D eigenvalue weighted by Crippen LogP contribution is -2.25. The Morgan fingerprint density at radius 1 is 0.621 bits per heavy atom. The van der Waals surface area contributed by atoms with E-state index in [2.05, 4.69) is 0 Å². The van der Waals surface area contributed by atoms with Gasteiger partial charge in [-0.15, -0.1) is 7.77 Å². The van der Waals surface area contributed by atoms with Gasteiger partial charge in [-0.05, 0) is 46.5 Å². The normalized spacial score (nSPS) is 15.2. The Morgan fingerprint density at radius 3 is 1.52 bits per heavy atom. The van der Waals surface area contributed by atoms with Crippen molar-refractivity contribution in [1.82, 2.24) is 0 Å². The van der Waals surface area contributed by atoms with E-state index in [4.69, 9.17) is 0 Å². The van der Waals surface area contributed by atoms with Crippen LogP contribution in [-0.2, 0) is 25.9 Å². The summed E-state index contributed by atoms with van der Waals surface area (Å²) in [5.41, 5.74) is 2.25. The molecule has 0 N–H and O–H groups in total. The Bertz CT molecular complexity index is 1250. The topological polar surface area (TPSA) is 68.3 Å². The Morgan fingerprint density at radius 2 is 1.07 bits per heavy atom. The molecule has 0 heterocycles. The number of halogens is 2. The summed E-state index contributed by atoms with van der Waals surface area (Å²) in [7, 11) is -9.67. The van der Waals surface area contributed by atoms with Gasteiger partial charge >= 0.3 is 20.4 Å². The van der Waals surface area contributed by atoms with E-state index in [1.165, 1.54) is 48.5 Å². The highest BCUT2D eigenvalue weighted by Crippen LogP contribution is 2.46. The molecule has 0 atom stereocenters. The molecule has 4 rings (SSSR count). The number of fused-ring (bicyclic) bond motifs is 1. The summed E-state index contributed by atoms with van der Waals surface area (Å²) in [6, 6.07) is 18.3. The van der Waals surface area contributed by atoms with Crippen LogP contribution in [0.3, 0.4) is 0 Å². The number of allylic oxidation sites excluding steroid dienone is 1. The molecule has 0 aromatic heterocycles. The van der Waals surface area contributed by atoms with Crippen LogP contribution >= 0.6 is 0 Å². The van der Waals surface area contributed by atoms with E-state index < -0.39 is 35.7 Å². The highest BCUT2D eigenvalue weighted by molar-refractivity contribution is 7.86. The number of rotatable bonds is 4. The van der Waals surface area contributed by atoms with Crippen molar-refractivity contribution >= 4 is 26.5 Å². The molecule has 1 aliphatic carbocycles. The molecule has 0 unspecified atom stereocenters. The molecule has 0 saturated heterocycles. The maximum atomic E-state index is 13.3. The first-order valence-corrected chi connectivity index (χ1v) is 11.3. The predicted molar refractivity (Wildman–Crippen MR) is 105 cm³/mol. The summed E-state index contributed by atoms with van der Waals surface area (Å²) in [5.74, 6) is 0. The molecule has 0 saturated carbocycles. The minimum absolute atomic E-state index is 0.453. The summed E-state index contributed by atoms with van der Waals surface area (Å²) in [6.07, 6.45) is 3.80. The fraction of sp³-hybridized carbons (Fsp3) is 0.0476. The molecule has 0 bridgehead atoms. The molecule has 3 aromatic carbocycles. The van der Waals surface area contributed by atoms with E-state index >= 15 is 0 Å². The van der Waals surface area contributed by atoms with Crippen LogP contribution in [0.1, 0.15) is 22.3 Å². The Balaban J connectivity index is 1.95. The van der Waals surface area contributed by atoms with Crippen LogP contribution in [0.15, 0.2) is 88.7 Å². The van der Waals surface area contributed by atoms with Crippen molar-refractivity contribution in [2.75, 3.05) is 0 Å². The molecule has 8 heteroatoms. The fourth-order valence-electron chi connectivity index (χ4n) is 3.74. The van der Waals surface area contributed by atoms with E-state index in [0.717, 1.165) is 11.1 Å². The lowest BCUT2D eigenvalue weighted by atomic mass is 9.71. The number of hydrogen-bond acceptors (Lipinski definition) is 4. The number of benzene rings is 3. The van der Waals surface area contributed by atoms with Gasteiger partial charge in [0.05, 0.1) is 15.2 Å². The highest BCUT2D eigenvalue weighted by Gasteiger charge is 2.38. The maximum Gasteiger partial charge on any atom is 0.332 e. The first kappa shape index (κ1) is 19.5. The van der Waals surface area contributed by atoms with Gasteiger partial charge in [0.25, 0.3) is 0 Å². The zero-order chi connectivity index (χ0) is 20.9. The first-order chi connectivity index (χ1) is 13.6. The third kappa shape index (κ3) is 3.28. The van der Waals surface area contributed by atoms with Crippen LogP contribution in [0, 0.1) is 0 Å². The monoisotopic (exact) mass is 432 g/mol. The van der Waals surface area contributed by atoms with Gasteiger partial charge in [0.15, 0.2) is 0 Å². The second-order valence-corrected chi connectivity index (χ2v) is 9.35. The second-order valence-electron chi connectivity index (χ2n) is 6.65. The molecule has 3 aromatic rings. The average Bonchev–Trinajstić information content (AvgIpc) is 3.07. The smallest absolute Gasteiger partial charge is 0.189 e. The van der Waals surface area contributed by atoms with Gasteiger partial charge in [0, 0.05) is 0 Å². The van der Waals surface area contributed by atoms with E-state index in [-0.39, 0.29) is 0 Å². The number of hydrogen-bond donors (Lipinski definition) is 0. The van der Waals surface area contributed by atoms with Gasteiger partial charge in [-0.25, -0.2) is 0 Å². The zero-order valence-electron chi connectivity index (χ0n) is 14.8. The van der Waals surface area contributed by atoms with Crippen molar-refractivity contribution < 1.29 is 24.6 Å². The van der Waals surface area contributed by atoms with Crippen molar-refractivity contribution in [2.24, 2.45) is 0 Å². The summed E-state index contributed by atoms with van der Waals surface area (Å²) >= 11 is 0. The molecule has 0 spiro atoms. The Kier molecular flexibility index (Phi) is 4.43. The van der Waals surface area contributed by atoms with E-state index in [1.807, 2.05) is 36.4 Å². The van der Waals surface area contributed by atoms with Crippen molar-refractivity contribution in [3.8, 4) is 0 Å². The molecule has 1 aliphatic rings. The highest BCUT2D eigenvalue weighted by atomic mass is 32.3. The van der Waals surface area contributed by atoms with Crippen molar-refractivity contribution in [3.63, 3.8) is 0 Å². The van der Waals surface area contributed by atoms with Gasteiger partial charge in [-0.2, -0.15) is 16.8 Å². The van der Waals surface area contributed by atoms with Crippen LogP contribution in [0.2, 0.25) is 0 Å². The molecule has 4 nitrogen and oxygen atoms in total. The minimum Gasteiger partial charge on any atom is -0.189 e. The summed E-state index contributed by atoms with van der Waals surface area (Å²) in [6.45, 7) is 0. The SMILES string of the molecule is O=S(=O)(F)c1ccc(C2(c3ccc(S(=O)(=O)F)cc3)C=Cc3ccccc32)cc1. The van der Waals surface area contributed by atoms with Crippen LogP contribution in [0.4, 0.5) is 7.77 Å². The van der Waals surface area contributed by atoms with Crippen molar-refractivity contribution in [2.45, 2.75) is 15.2 Å². The van der Waals surface area contributed by atoms with E-state index in [0.29, 0.717) is 11.1 Å². The van der Waals surface area contributed by atoms with Gasteiger partial charge < -0.3 is 0 Å². The zero-order valence-corrected chi connectivity index (χ0v) is 16.4. The van der Waals surface area contributed by atoms with Crippen LogP contribution in [0.5, 0.6) is 0 Å². The standard InChI is InChI=1S/C21H14F2O4S2/c22-28(24,25)18-9-5-16(6-10-18)21(14-13-15-3-1-2-4-20(15)21)17-7-11-19(12-8-17)29(23,26)27/h1-14H. The predicted octanol–water partition coefficient (Wildman–Crippen LogP) is 4.36. The molecule has 0 radical (unpaired) electrons. The Hall–Kier alpha value is -2.84. The van der Waals surface area contributed by atoms with Gasteiger partial charge in [0.2, 0.25) is 0 Å². The first-order valence-electron chi connectivity index (χ1n) is 8.51. The molecule has 0 amide bonds. The molecule has 148 valence electrons. The molecular weight excluding hydrogens is 418 g/mol. The minimum atomic E-state index is -4.84. The van der Waals surface area contributed by atoms with Crippen LogP contribution < -0.4 is 0 Å². The average molecular weight is 432 g/mol. The lowest BCUT2D eigenvalue weighted by Gasteiger charge is -2.31. The van der Waals surface area contributed by atoms with Crippen molar-refractivity contribution in [1.29, 1.82) is 0 Å². The molecule has 0 fully saturated rings. The maximum absolute atomic E-state index is 13.3. The third-order valence-electron chi connectivity index (χ3n) is 5.08. The third-order valence-corrected chi connectivity index (χ3v) is 6.75. The summed E-state index contributed by atoms with van der Waals surface area (Å²) < 4.78 is 71.3. The molecule has 29 heavy (non-hydrogen) atoms. The van der Waals surface area contributed by atoms with E-state index in [9.17, 15) is 24.6 Å². The van der Waals surface area contributed by atoms with Gasteiger partial charge in [-0.1, -0.05) is 60.7 Å². The van der Waals surface area contributed by atoms with Gasteiger partial charge in [-0.3, -0.25) is 0 Å². The van der Waals surface area contributed by atoms with Crippen molar-refractivity contribution in [3.05, 3.63) is 101 Å². The largest absolute Gasteiger partial charge is 0.332 e. The summed E-state index contributed by atoms with van der Waals surface area (Å²) in [5, 5.41) is 0. The fourth-order valence-corrected chi connectivity index (χ4v) is 4.66. The summed E-state index contributed by atoms with van der Waals surface area (Å²) in [4.78, 5) is -0.906. The van der Waals surface area contributed by atoms with E-state index in [1.54, 1.807) is 0 Å². The quantitative estimate of drug-likeness (QED) is 0.575. The lowest BCUT2D eigenvalue weighted by molar-refractivity contribution is 0.550. The second kappa shape index (κ2) is 6.60. The Labute approximate surface area is 167 Å². The molecular formula is C21H14F2O4S2. The molecule has 0 aliphatic heterocycles. The van der Waals surface area contributed by atoms with Gasteiger partial charge in [0.1, 0.15) is 0 Å².